The molecule has 0 saturated heterocycles. The number of thiazole rings is 1. The van der Waals surface area contributed by atoms with Crippen LogP contribution in [-0.4, -0.2) is 37.7 Å². The number of amides is 1. The molecular weight excluding hydrogens is 338 g/mol. The third-order valence-corrected chi connectivity index (χ3v) is 5.26. The summed E-state index contributed by atoms with van der Waals surface area (Å²) >= 11 is 1.51. The fraction of sp³-hybridized carbons (Fsp3) is 0.444. The highest BCUT2D eigenvalue weighted by Gasteiger charge is 2.31. The Labute approximate surface area is 151 Å². The van der Waals surface area contributed by atoms with Crippen molar-refractivity contribution >= 4 is 17.2 Å². The summed E-state index contributed by atoms with van der Waals surface area (Å²) in [4.78, 5) is 16.8. The van der Waals surface area contributed by atoms with Gasteiger partial charge in [-0.1, -0.05) is 0 Å². The van der Waals surface area contributed by atoms with Crippen molar-refractivity contribution in [2.45, 2.75) is 25.3 Å². The van der Waals surface area contributed by atoms with Crippen LogP contribution in [0.25, 0.3) is 10.6 Å². The summed E-state index contributed by atoms with van der Waals surface area (Å²) in [6, 6.07) is 5.76. The largest absolute Gasteiger partial charge is 0.493 e. The number of benzene rings is 1. The molecule has 1 saturated carbocycles. The highest BCUT2D eigenvalue weighted by molar-refractivity contribution is 7.13. The van der Waals surface area contributed by atoms with Gasteiger partial charge in [0, 0.05) is 23.5 Å². The van der Waals surface area contributed by atoms with Gasteiger partial charge in [0.25, 0.3) is 0 Å². The van der Waals surface area contributed by atoms with Crippen molar-refractivity contribution in [3.63, 3.8) is 0 Å². The molecule has 0 spiro atoms. The van der Waals surface area contributed by atoms with Crippen molar-refractivity contribution in [1.29, 1.82) is 0 Å². The van der Waals surface area contributed by atoms with E-state index in [1.54, 1.807) is 14.2 Å². The molecule has 1 aromatic carbocycles. The van der Waals surface area contributed by atoms with Gasteiger partial charge in [-0.05, 0) is 37.0 Å². The number of hydrogen-bond acceptors (Lipinski definition) is 6. The van der Waals surface area contributed by atoms with Crippen molar-refractivity contribution in [3.8, 4) is 22.1 Å². The number of carbonyl (C=O) groups is 1. The van der Waals surface area contributed by atoms with E-state index < -0.39 is 0 Å². The van der Waals surface area contributed by atoms with E-state index in [1.807, 2.05) is 23.6 Å². The molecule has 134 valence electrons. The lowest BCUT2D eigenvalue weighted by Crippen LogP contribution is -2.42. The summed E-state index contributed by atoms with van der Waals surface area (Å²) < 4.78 is 10.6. The lowest BCUT2D eigenvalue weighted by molar-refractivity contribution is -0.121. The molecule has 7 heteroatoms. The first-order chi connectivity index (χ1) is 12.1. The zero-order valence-electron chi connectivity index (χ0n) is 14.5. The highest BCUT2D eigenvalue weighted by atomic mass is 32.1. The van der Waals surface area contributed by atoms with Crippen LogP contribution in [0.5, 0.6) is 11.5 Å². The minimum atomic E-state index is -0.0217. The van der Waals surface area contributed by atoms with E-state index in [1.165, 1.54) is 11.3 Å². The van der Waals surface area contributed by atoms with Crippen molar-refractivity contribution < 1.29 is 14.3 Å². The van der Waals surface area contributed by atoms with Crippen LogP contribution in [0.3, 0.4) is 0 Å². The van der Waals surface area contributed by atoms with Gasteiger partial charge in [0.05, 0.1) is 26.3 Å². The van der Waals surface area contributed by atoms with Gasteiger partial charge in [-0.3, -0.25) is 4.79 Å². The number of aromatic nitrogens is 1. The molecule has 1 aromatic heterocycles. The Bertz CT molecular complexity index is 743. The molecule has 3 N–H and O–H groups in total. The fourth-order valence-corrected chi connectivity index (χ4v) is 3.60. The first kappa shape index (κ1) is 17.7. The number of carbonyl (C=O) groups excluding carboxylic acids is 1. The van der Waals surface area contributed by atoms with E-state index >= 15 is 0 Å². The molecule has 1 amide bonds. The van der Waals surface area contributed by atoms with E-state index in [2.05, 4.69) is 10.3 Å². The number of nitrogens with zero attached hydrogens (tertiary/aromatic N) is 1. The Morgan fingerprint density at radius 3 is 2.76 bits per heavy atom. The SMILES string of the molecule is COc1ccc(-c2nc(CC(=O)NC(CN)C3CC3)cs2)cc1OC. The first-order valence-electron chi connectivity index (χ1n) is 8.30. The minimum absolute atomic E-state index is 0.0217. The van der Waals surface area contributed by atoms with Gasteiger partial charge in [0.1, 0.15) is 5.01 Å². The first-order valence-corrected chi connectivity index (χ1v) is 9.18. The van der Waals surface area contributed by atoms with Gasteiger partial charge in [-0.15, -0.1) is 11.3 Å². The van der Waals surface area contributed by atoms with Crippen LogP contribution in [0.15, 0.2) is 23.6 Å². The number of hydrogen-bond donors (Lipinski definition) is 2. The second kappa shape index (κ2) is 7.84. The Morgan fingerprint density at radius 2 is 2.12 bits per heavy atom. The van der Waals surface area contributed by atoms with E-state index in [4.69, 9.17) is 15.2 Å². The summed E-state index contributed by atoms with van der Waals surface area (Å²) in [7, 11) is 3.21. The molecule has 2 aromatic rings. The third-order valence-electron chi connectivity index (χ3n) is 4.32. The highest BCUT2D eigenvalue weighted by Crippen LogP contribution is 2.34. The maximum Gasteiger partial charge on any atom is 0.226 e. The molecule has 25 heavy (non-hydrogen) atoms. The Kier molecular flexibility index (Phi) is 5.55. The van der Waals surface area contributed by atoms with Gasteiger partial charge < -0.3 is 20.5 Å². The monoisotopic (exact) mass is 361 g/mol. The van der Waals surface area contributed by atoms with Crippen LogP contribution >= 0.6 is 11.3 Å². The van der Waals surface area contributed by atoms with E-state index in [9.17, 15) is 4.79 Å². The van der Waals surface area contributed by atoms with Crippen molar-refractivity contribution in [3.05, 3.63) is 29.3 Å². The number of rotatable bonds is 8. The zero-order valence-corrected chi connectivity index (χ0v) is 15.3. The lowest BCUT2D eigenvalue weighted by atomic mass is 10.2. The summed E-state index contributed by atoms with van der Waals surface area (Å²) in [6.07, 6.45) is 2.58. The molecule has 1 aliphatic rings. The van der Waals surface area contributed by atoms with Crippen LogP contribution in [0.1, 0.15) is 18.5 Å². The van der Waals surface area contributed by atoms with Crippen LogP contribution < -0.4 is 20.5 Å². The zero-order chi connectivity index (χ0) is 17.8. The second-order valence-corrected chi connectivity index (χ2v) is 7.00. The van der Waals surface area contributed by atoms with Crippen molar-refractivity contribution in [2.75, 3.05) is 20.8 Å². The van der Waals surface area contributed by atoms with Gasteiger partial charge in [-0.2, -0.15) is 0 Å². The quantitative estimate of drug-likeness (QED) is 0.753. The number of methoxy groups -OCH3 is 2. The Hall–Kier alpha value is -2.12. The maximum absolute atomic E-state index is 12.2. The number of ether oxygens (including phenoxy) is 2. The summed E-state index contributed by atoms with van der Waals surface area (Å²) in [5.74, 6) is 1.86. The predicted octanol–water partition coefficient (Wildman–Crippen LogP) is 2.22. The van der Waals surface area contributed by atoms with E-state index in [-0.39, 0.29) is 18.4 Å². The molecule has 1 unspecified atom stereocenters. The third kappa shape index (κ3) is 4.29. The normalized spacial score (nSPS) is 14.8. The van der Waals surface area contributed by atoms with Gasteiger partial charge in [0.15, 0.2) is 11.5 Å². The summed E-state index contributed by atoms with van der Waals surface area (Å²) in [5, 5.41) is 5.79. The van der Waals surface area contributed by atoms with E-state index in [0.717, 1.165) is 29.1 Å². The lowest BCUT2D eigenvalue weighted by Gasteiger charge is -2.15. The van der Waals surface area contributed by atoms with Crippen molar-refractivity contribution in [1.82, 2.24) is 10.3 Å². The number of nitrogens with one attached hydrogen (secondary N) is 1. The van der Waals surface area contributed by atoms with Gasteiger partial charge in [0.2, 0.25) is 5.91 Å². The van der Waals surface area contributed by atoms with Gasteiger partial charge in [-0.25, -0.2) is 4.98 Å². The maximum atomic E-state index is 12.2. The van der Waals surface area contributed by atoms with Crippen LogP contribution in [0.2, 0.25) is 0 Å². The predicted molar refractivity (Wildman–Crippen MR) is 98.1 cm³/mol. The van der Waals surface area contributed by atoms with Crippen molar-refractivity contribution in [2.24, 2.45) is 11.7 Å². The molecule has 0 bridgehead atoms. The van der Waals surface area contributed by atoms with E-state index in [0.29, 0.717) is 24.0 Å². The summed E-state index contributed by atoms with van der Waals surface area (Å²) in [6.45, 7) is 0.490. The minimum Gasteiger partial charge on any atom is -0.493 e. The Morgan fingerprint density at radius 1 is 1.36 bits per heavy atom. The molecule has 0 radical (unpaired) electrons. The van der Waals surface area contributed by atoms with Crippen LogP contribution in [0.4, 0.5) is 0 Å². The average Bonchev–Trinajstić information content (AvgIpc) is 3.38. The molecular formula is C18H23N3O3S. The topological polar surface area (TPSA) is 86.5 Å². The molecule has 1 aliphatic carbocycles. The smallest absolute Gasteiger partial charge is 0.226 e. The molecule has 0 aliphatic heterocycles. The Balaban J connectivity index is 1.66. The molecule has 6 nitrogen and oxygen atoms in total. The van der Waals surface area contributed by atoms with Crippen LogP contribution in [-0.2, 0) is 11.2 Å². The second-order valence-electron chi connectivity index (χ2n) is 6.14. The summed E-state index contributed by atoms with van der Waals surface area (Å²) in [5.41, 5.74) is 7.44. The van der Waals surface area contributed by atoms with Crippen LogP contribution in [0, 0.1) is 5.92 Å². The molecule has 1 atom stereocenters. The molecule has 1 fully saturated rings. The van der Waals surface area contributed by atoms with Gasteiger partial charge >= 0.3 is 0 Å². The standard InChI is InChI=1S/C18H23N3O3S/c1-23-15-6-5-12(7-16(15)24-2)18-20-13(10-25-18)8-17(22)21-14(9-19)11-3-4-11/h5-7,10-11,14H,3-4,8-9,19H2,1-2H3,(H,21,22). The molecule has 1 heterocycles. The number of nitrogens with two attached hydrogens (primary N) is 1. The fourth-order valence-electron chi connectivity index (χ4n) is 2.78. The average molecular weight is 361 g/mol. The molecule has 3 rings (SSSR count).